The van der Waals surface area contributed by atoms with Crippen molar-refractivity contribution in [2.24, 2.45) is 0 Å². The molecule has 0 aliphatic heterocycles. The van der Waals surface area contributed by atoms with Gasteiger partial charge in [-0.2, -0.15) is 5.26 Å². The Balaban J connectivity index is 2.77. The zero-order valence-electron chi connectivity index (χ0n) is 3.12. The first-order valence-corrected chi connectivity index (χ1v) is 1.93. The number of hydrogen-bond donors (Lipinski definition) is 0. The molecule has 0 amide bonds. The Morgan fingerprint density at radius 1 is 1.43 bits per heavy atom. The monoisotopic (exact) mass is 116 g/mol. The summed E-state index contributed by atoms with van der Waals surface area (Å²) in [4.78, 5) is 3.62. The Morgan fingerprint density at radius 2 is 2.14 bits per heavy atom. The van der Waals surface area contributed by atoms with E-state index in [1.807, 2.05) is 0 Å². The lowest BCUT2D eigenvalue weighted by Gasteiger charge is -1.79. The van der Waals surface area contributed by atoms with Gasteiger partial charge in [-0.3, -0.25) is 0 Å². The van der Waals surface area contributed by atoms with Gasteiger partial charge in [0.05, 0.1) is 0 Å². The fourth-order valence-corrected chi connectivity index (χ4v) is 0.142. The van der Waals surface area contributed by atoms with Crippen molar-refractivity contribution in [3.63, 3.8) is 0 Å². The van der Waals surface area contributed by atoms with E-state index in [-0.39, 0.29) is 0 Å². The Hall–Kier alpha value is -0.910. The van der Waals surface area contributed by atoms with E-state index in [4.69, 9.17) is 10.5 Å². The molecule has 0 unspecified atom stereocenters. The fraction of sp³-hybridized carbons (Fsp3) is 0. The van der Waals surface area contributed by atoms with Crippen LogP contribution in [0.1, 0.15) is 0 Å². The molecular formula is C2N2O2S. The molecule has 0 aliphatic rings. The standard InChI is InChI=1S/C2N2O2S/c3-1-5-6-7-2-4. The van der Waals surface area contributed by atoms with Crippen LogP contribution in [0.3, 0.4) is 0 Å². The molecule has 0 saturated carbocycles. The molecule has 0 radical (unpaired) electrons. The molecule has 0 bridgehead atoms. The molecule has 0 fully saturated rings. The van der Waals surface area contributed by atoms with Gasteiger partial charge in [-0.05, 0) is 0 Å². The average molecular weight is 116 g/mol. The van der Waals surface area contributed by atoms with Crippen LogP contribution in [0.2, 0.25) is 0 Å². The lowest BCUT2D eigenvalue weighted by molar-refractivity contribution is -0.115. The average Bonchev–Trinajstić information content (AvgIpc) is 1.69. The van der Waals surface area contributed by atoms with E-state index in [0.29, 0.717) is 12.0 Å². The van der Waals surface area contributed by atoms with Gasteiger partial charge >= 0.3 is 6.26 Å². The highest BCUT2D eigenvalue weighted by atomic mass is 32.2. The lowest BCUT2D eigenvalue weighted by Crippen LogP contribution is -1.70. The highest BCUT2D eigenvalue weighted by Gasteiger charge is 1.79. The molecule has 0 rings (SSSR count). The van der Waals surface area contributed by atoms with Gasteiger partial charge in [0.25, 0.3) is 0 Å². The third-order valence-electron chi connectivity index (χ3n) is 0.143. The molecule has 0 N–H and O–H groups in total. The third-order valence-corrected chi connectivity index (χ3v) is 0.353. The second kappa shape index (κ2) is 5.09. The summed E-state index contributed by atoms with van der Waals surface area (Å²) in [5, 5.41) is 16.8. The summed E-state index contributed by atoms with van der Waals surface area (Å²) >= 11 is 0.394. The van der Waals surface area contributed by atoms with Gasteiger partial charge < -0.3 is 0 Å². The van der Waals surface area contributed by atoms with Crippen molar-refractivity contribution in [3.05, 3.63) is 0 Å². The maximum atomic E-state index is 7.69. The summed E-state index contributed by atoms with van der Waals surface area (Å²) in [7, 11) is 0. The first-order chi connectivity index (χ1) is 3.41. The molecular weight excluding hydrogens is 116 g/mol. The quantitative estimate of drug-likeness (QED) is 0.173. The number of nitrogens with zero attached hydrogens (tertiary/aromatic N) is 2. The van der Waals surface area contributed by atoms with Crippen LogP contribution in [-0.4, -0.2) is 0 Å². The molecule has 0 aromatic carbocycles. The minimum atomic E-state index is 0.394. The normalized spacial score (nSPS) is 6.00. The molecule has 0 atom stereocenters. The summed E-state index contributed by atoms with van der Waals surface area (Å²) in [5.41, 5.74) is 0. The second-order valence-electron chi connectivity index (χ2n) is 0.417. The summed E-state index contributed by atoms with van der Waals surface area (Å²) in [6.07, 6.45) is 1.21. The molecule has 0 aromatic rings. The van der Waals surface area contributed by atoms with Crippen LogP contribution in [0.5, 0.6) is 0 Å². The molecule has 0 aliphatic carbocycles. The van der Waals surface area contributed by atoms with Crippen LogP contribution in [-0.2, 0) is 9.22 Å². The topological polar surface area (TPSA) is 66.0 Å². The van der Waals surface area contributed by atoms with Crippen molar-refractivity contribution < 1.29 is 9.22 Å². The highest BCUT2D eigenvalue weighted by Crippen LogP contribution is 1.96. The maximum absolute atomic E-state index is 7.69. The predicted octanol–water partition coefficient (Wildman–Crippen LogP) is 0.545. The fourth-order valence-electron chi connectivity index (χ4n) is 0.0474. The number of thiocyanates is 1. The Bertz CT molecular complexity index is 97.8. The van der Waals surface area contributed by atoms with E-state index in [1.54, 1.807) is 0 Å². The van der Waals surface area contributed by atoms with Gasteiger partial charge in [-0.1, -0.05) is 4.33 Å². The first kappa shape index (κ1) is 6.09. The summed E-state index contributed by atoms with van der Waals surface area (Å²) < 4.78 is 3.83. The molecule has 5 heteroatoms. The van der Waals surface area contributed by atoms with Crippen LogP contribution in [0, 0.1) is 22.2 Å². The van der Waals surface area contributed by atoms with Gasteiger partial charge in [0.15, 0.2) is 17.4 Å². The summed E-state index contributed by atoms with van der Waals surface area (Å²) in [6, 6.07) is 0. The number of nitriles is 2. The molecule has 0 aromatic heterocycles. The first-order valence-electron chi connectivity index (χ1n) is 1.19. The SMILES string of the molecule is N#COOSC#N. The molecule has 7 heavy (non-hydrogen) atoms. The van der Waals surface area contributed by atoms with E-state index in [0.717, 1.165) is 0 Å². The van der Waals surface area contributed by atoms with Crippen molar-refractivity contribution in [3.8, 4) is 11.7 Å². The molecule has 0 heterocycles. The van der Waals surface area contributed by atoms with Crippen LogP contribution < -0.4 is 0 Å². The third kappa shape index (κ3) is 5.09. The maximum Gasteiger partial charge on any atom is 0.326 e. The van der Waals surface area contributed by atoms with Gasteiger partial charge in [0, 0.05) is 0 Å². The van der Waals surface area contributed by atoms with Gasteiger partial charge in [0.1, 0.15) is 0 Å². The predicted molar refractivity (Wildman–Crippen MR) is 21.0 cm³/mol. The highest BCUT2D eigenvalue weighted by molar-refractivity contribution is 7.99. The summed E-state index contributed by atoms with van der Waals surface area (Å²) in [5.74, 6) is 0. The number of rotatable bonds is 2. The van der Waals surface area contributed by atoms with Crippen molar-refractivity contribution in [1.82, 2.24) is 0 Å². The smallest absolute Gasteiger partial charge is 0.241 e. The van der Waals surface area contributed by atoms with Crippen molar-refractivity contribution in [2.45, 2.75) is 0 Å². The van der Waals surface area contributed by atoms with Crippen molar-refractivity contribution >= 4 is 12.0 Å². The van der Waals surface area contributed by atoms with E-state index in [9.17, 15) is 0 Å². The van der Waals surface area contributed by atoms with E-state index in [2.05, 4.69) is 9.22 Å². The molecule has 0 spiro atoms. The Labute approximate surface area is 44.4 Å². The summed E-state index contributed by atoms with van der Waals surface area (Å²) in [6.45, 7) is 0. The second-order valence-corrected chi connectivity index (χ2v) is 0.903. The van der Waals surface area contributed by atoms with Gasteiger partial charge in [0.2, 0.25) is 0 Å². The van der Waals surface area contributed by atoms with Crippen LogP contribution in [0.4, 0.5) is 0 Å². The zero-order chi connectivity index (χ0) is 5.54. The zero-order valence-corrected chi connectivity index (χ0v) is 3.94. The van der Waals surface area contributed by atoms with E-state index in [1.165, 1.54) is 11.7 Å². The Morgan fingerprint density at radius 3 is 2.57 bits per heavy atom. The van der Waals surface area contributed by atoms with Gasteiger partial charge in [-0.15, -0.1) is 5.26 Å². The number of hydrogen-bond acceptors (Lipinski definition) is 5. The largest absolute Gasteiger partial charge is 0.326 e. The van der Waals surface area contributed by atoms with Crippen LogP contribution in [0.15, 0.2) is 0 Å². The lowest BCUT2D eigenvalue weighted by atomic mass is 11.6. The molecule has 4 nitrogen and oxygen atoms in total. The Kier molecular flexibility index (Phi) is 4.43. The van der Waals surface area contributed by atoms with Crippen LogP contribution in [0.25, 0.3) is 0 Å². The van der Waals surface area contributed by atoms with Gasteiger partial charge in [-0.25, -0.2) is 4.89 Å². The van der Waals surface area contributed by atoms with E-state index >= 15 is 0 Å². The minimum Gasteiger partial charge on any atom is -0.241 e. The minimum absolute atomic E-state index is 0.394. The van der Waals surface area contributed by atoms with E-state index < -0.39 is 0 Å². The van der Waals surface area contributed by atoms with Crippen LogP contribution >= 0.6 is 12.0 Å². The van der Waals surface area contributed by atoms with Crippen molar-refractivity contribution in [1.29, 1.82) is 10.5 Å². The molecule has 0 saturated heterocycles. The van der Waals surface area contributed by atoms with Crippen molar-refractivity contribution in [2.75, 3.05) is 0 Å². The molecule has 36 valence electrons.